The van der Waals surface area contributed by atoms with E-state index in [9.17, 15) is 4.79 Å². The topological polar surface area (TPSA) is 76.8 Å². The van der Waals surface area contributed by atoms with Gasteiger partial charge in [-0.15, -0.1) is 0 Å². The first-order valence-corrected chi connectivity index (χ1v) is 7.82. The Balaban J connectivity index is 0.000000322. The molecule has 0 amide bonds. The van der Waals surface area contributed by atoms with Crippen LogP contribution >= 0.6 is 0 Å². The Morgan fingerprint density at radius 1 is 1.30 bits per heavy atom. The van der Waals surface area contributed by atoms with E-state index in [1.807, 2.05) is 32.9 Å². The van der Waals surface area contributed by atoms with Gasteiger partial charge in [0, 0.05) is 32.7 Å². The molecule has 0 saturated carbocycles. The van der Waals surface area contributed by atoms with Crippen molar-refractivity contribution < 1.29 is 14.3 Å². The molecule has 6 heteroatoms. The van der Waals surface area contributed by atoms with Crippen LogP contribution in [0.25, 0.3) is 0 Å². The van der Waals surface area contributed by atoms with Crippen LogP contribution in [0.15, 0.2) is 18.2 Å². The zero-order valence-corrected chi connectivity index (χ0v) is 14.6. The molecule has 1 aliphatic rings. The summed E-state index contributed by atoms with van der Waals surface area (Å²) in [6.07, 6.45) is 0. The number of carbonyl (C=O) groups is 1. The molecule has 0 atom stereocenters. The van der Waals surface area contributed by atoms with Crippen LogP contribution in [-0.2, 0) is 16.1 Å². The van der Waals surface area contributed by atoms with Crippen LogP contribution < -0.4 is 15.8 Å². The van der Waals surface area contributed by atoms with Crippen molar-refractivity contribution in [2.75, 3.05) is 39.0 Å². The maximum Gasteiger partial charge on any atom is 0.293 e. The Kier molecular flexibility index (Phi) is 7.85. The molecule has 0 spiro atoms. The summed E-state index contributed by atoms with van der Waals surface area (Å²) in [6, 6.07) is 6.01. The second-order valence-corrected chi connectivity index (χ2v) is 6.43. The van der Waals surface area contributed by atoms with Gasteiger partial charge in [0.05, 0.1) is 12.8 Å². The van der Waals surface area contributed by atoms with E-state index in [-0.39, 0.29) is 5.60 Å². The average Bonchev–Trinajstić information content (AvgIpc) is 2.50. The summed E-state index contributed by atoms with van der Waals surface area (Å²) in [7, 11) is 1.65. The van der Waals surface area contributed by atoms with E-state index in [0.29, 0.717) is 12.2 Å². The predicted octanol–water partition coefficient (Wildman–Crippen LogP) is 1.64. The lowest BCUT2D eigenvalue weighted by atomic mass is 10.1. The number of benzene rings is 1. The Labute approximate surface area is 138 Å². The van der Waals surface area contributed by atoms with E-state index in [4.69, 9.17) is 10.5 Å². The summed E-state index contributed by atoms with van der Waals surface area (Å²) in [6.45, 7) is 11.3. The van der Waals surface area contributed by atoms with Gasteiger partial charge in [-0.05, 0) is 38.5 Å². The molecule has 1 fully saturated rings. The largest absolute Gasteiger partial charge is 0.495 e. The van der Waals surface area contributed by atoms with Gasteiger partial charge >= 0.3 is 0 Å². The number of rotatable bonds is 4. The third-order valence-corrected chi connectivity index (χ3v) is 3.32. The van der Waals surface area contributed by atoms with E-state index in [0.717, 1.165) is 38.5 Å². The van der Waals surface area contributed by atoms with Crippen molar-refractivity contribution in [1.29, 1.82) is 0 Å². The lowest BCUT2D eigenvalue weighted by molar-refractivity contribution is -0.138. The SMILES string of the molecule is CC(C)(C)OC=O.COc1cc(CN2CCNCC2)ccc1N. The lowest BCUT2D eigenvalue weighted by Crippen LogP contribution is -2.42. The summed E-state index contributed by atoms with van der Waals surface area (Å²) in [4.78, 5) is 12.0. The van der Waals surface area contributed by atoms with Crippen molar-refractivity contribution in [3.8, 4) is 5.75 Å². The maximum atomic E-state index is 9.60. The number of methoxy groups -OCH3 is 1. The number of nitrogens with two attached hydrogens (primary N) is 1. The number of carbonyl (C=O) groups excluding carboxylic acids is 1. The predicted molar refractivity (Wildman–Crippen MR) is 92.5 cm³/mol. The second kappa shape index (κ2) is 9.37. The summed E-state index contributed by atoms with van der Waals surface area (Å²) in [5.74, 6) is 0.771. The quantitative estimate of drug-likeness (QED) is 0.648. The van der Waals surface area contributed by atoms with E-state index < -0.39 is 0 Å². The molecule has 1 aliphatic heterocycles. The highest BCUT2D eigenvalue weighted by molar-refractivity contribution is 5.53. The molecule has 1 aromatic carbocycles. The van der Waals surface area contributed by atoms with Crippen molar-refractivity contribution in [2.24, 2.45) is 0 Å². The highest BCUT2D eigenvalue weighted by Gasteiger charge is 2.10. The van der Waals surface area contributed by atoms with Gasteiger partial charge in [-0.25, -0.2) is 0 Å². The first-order valence-electron chi connectivity index (χ1n) is 7.82. The number of ether oxygens (including phenoxy) is 2. The van der Waals surface area contributed by atoms with Crippen LogP contribution in [-0.4, -0.2) is 50.3 Å². The summed E-state index contributed by atoms with van der Waals surface area (Å²) in [5.41, 5.74) is 7.42. The maximum absolute atomic E-state index is 9.60. The average molecular weight is 323 g/mol. The molecule has 1 heterocycles. The molecule has 1 aromatic rings. The van der Waals surface area contributed by atoms with E-state index >= 15 is 0 Å². The van der Waals surface area contributed by atoms with Crippen molar-refractivity contribution >= 4 is 12.2 Å². The van der Waals surface area contributed by atoms with Crippen LogP contribution in [0.3, 0.4) is 0 Å². The molecule has 130 valence electrons. The zero-order valence-electron chi connectivity index (χ0n) is 14.6. The van der Waals surface area contributed by atoms with Crippen LogP contribution in [0.1, 0.15) is 26.3 Å². The normalized spacial score (nSPS) is 15.3. The van der Waals surface area contributed by atoms with Gasteiger partial charge in [0.15, 0.2) is 0 Å². The fraction of sp³-hybridized carbons (Fsp3) is 0.588. The minimum atomic E-state index is -0.318. The third kappa shape index (κ3) is 7.85. The molecule has 1 saturated heterocycles. The van der Waals surface area contributed by atoms with Crippen LogP contribution in [0.2, 0.25) is 0 Å². The summed E-state index contributed by atoms with van der Waals surface area (Å²) >= 11 is 0. The fourth-order valence-corrected chi connectivity index (χ4v) is 2.13. The molecular weight excluding hydrogens is 294 g/mol. The molecule has 0 aliphatic carbocycles. The van der Waals surface area contributed by atoms with Gasteiger partial charge < -0.3 is 20.5 Å². The van der Waals surface area contributed by atoms with Crippen LogP contribution in [0.4, 0.5) is 5.69 Å². The molecule has 23 heavy (non-hydrogen) atoms. The summed E-state index contributed by atoms with van der Waals surface area (Å²) < 4.78 is 9.77. The Morgan fingerprint density at radius 3 is 2.43 bits per heavy atom. The first kappa shape index (κ1) is 19.3. The molecule has 2 rings (SSSR count). The Bertz CT molecular complexity index is 480. The summed E-state index contributed by atoms with van der Waals surface area (Å²) in [5, 5.41) is 3.35. The number of nitrogens with zero attached hydrogens (tertiary/aromatic N) is 1. The second-order valence-electron chi connectivity index (χ2n) is 6.43. The molecule has 0 aromatic heterocycles. The monoisotopic (exact) mass is 323 g/mol. The van der Waals surface area contributed by atoms with Crippen molar-refractivity contribution in [1.82, 2.24) is 10.2 Å². The number of anilines is 1. The van der Waals surface area contributed by atoms with Crippen molar-refractivity contribution in [3.05, 3.63) is 23.8 Å². The third-order valence-electron chi connectivity index (χ3n) is 3.32. The van der Waals surface area contributed by atoms with Gasteiger partial charge in [-0.2, -0.15) is 0 Å². The standard InChI is InChI=1S/C12H19N3O.C5H10O2/c1-16-12-8-10(2-3-11(12)13)9-15-6-4-14-5-7-15;1-5(2,3)7-4-6/h2-3,8,14H,4-7,9,13H2,1H3;4H,1-3H3. The Morgan fingerprint density at radius 2 is 1.96 bits per heavy atom. The molecular formula is C17H29N3O3. The van der Waals surface area contributed by atoms with E-state index in [1.54, 1.807) is 7.11 Å². The Hall–Kier alpha value is -1.79. The highest BCUT2D eigenvalue weighted by atomic mass is 16.5. The molecule has 0 bridgehead atoms. The van der Waals surface area contributed by atoms with Gasteiger partial charge in [-0.1, -0.05) is 6.07 Å². The highest BCUT2D eigenvalue weighted by Crippen LogP contribution is 2.22. The van der Waals surface area contributed by atoms with Crippen molar-refractivity contribution in [3.63, 3.8) is 0 Å². The van der Waals surface area contributed by atoms with Gasteiger partial charge in [-0.3, -0.25) is 9.69 Å². The first-order chi connectivity index (χ1) is 10.9. The molecule has 3 N–H and O–H groups in total. The molecule has 0 unspecified atom stereocenters. The fourth-order valence-electron chi connectivity index (χ4n) is 2.13. The zero-order chi connectivity index (χ0) is 17.3. The van der Waals surface area contributed by atoms with Crippen LogP contribution in [0.5, 0.6) is 5.75 Å². The van der Waals surface area contributed by atoms with Gasteiger partial charge in [0.1, 0.15) is 11.4 Å². The number of hydrogen-bond acceptors (Lipinski definition) is 6. The van der Waals surface area contributed by atoms with E-state index in [1.165, 1.54) is 5.56 Å². The minimum Gasteiger partial charge on any atom is -0.495 e. The molecule has 6 nitrogen and oxygen atoms in total. The number of nitrogen functional groups attached to an aromatic ring is 1. The molecule has 0 radical (unpaired) electrons. The lowest BCUT2D eigenvalue weighted by Gasteiger charge is -2.27. The minimum absolute atomic E-state index is 0.318. The van der Waals surface area contributed by atoms with Crippen molar-refractivity contribution in [2.45, 2.75) is 32.9 Å². The number of piperazine rings is 1. The smallest absolute Gasteiger partial charge is 0.293 e. The van der Waals surface area contributed by atoms with Gasteiger partial charge in [0.25, 0.3) is 6.47 Å². The van der Waals surface area contributed by atoms with E-state index in [2.05, 4.69) is 21.0 Å². The van der Waals surface area contributed by atoms with Gasteiger partial charge in [0.2, 0.25) is 0 Å². The number of hydrogen-bond donors (Lipinski definition) is 2. The van der Waals surface area contributed by atoms with Crippen LogP contribution in [0, 0.1) is 0 Å². The number of nitrogens with one attached hydrogen (secondary N) is 1.